The fourth-order valence-corrected chi connectivity index (χ4v) is 6.36. The number of amides is 4. The molecule has 2 unspecified atom stereocenters. The van der Waals surface area contributed by atoms with E-state index in [0.717, 1.165) is 22.0 Å². The number of rotatable bonds is 21. The molecule has 0 radical (unpaired) electrons. The number of nitrogens with zero attached hydrogens (tertiary/aromatic N) is 1. The molecule has 0 aliphatic rings. The summed E-state index contributed by atoms with van der Waals surface area (Å²) in [6.07, 6.45) is 7.29. The number of nitrogens with two attached hydrogens (primary N) is 2. The number of aliphatic imine (C=N–C) groups is 1. The highest BCUT2D eigenvalue weighted by molar-refractivity contribution is 5.93. The number of guanidine groups is 1. The summed E-state index contributed by atoms with van der Waals surface area (Å²) < 4.78 is 0. The molecular weight excluding hydrogens is 670 g/mol. The van der Waals surface area contributed by atoms with Gasteiger partial charge in [-0.25, -0.2) is 0 Å². The average molecular weight is 730 g/mol. The van der Waals surface area contributed by atoms with Gasteiger partial charge in [0.1, 0.15) is 12.1 Å². The van der Waals surface area contributed by atoms with E-state index < -0.39 is 35.4 Å². The van der Waals surface area contributed by atoms with Gasteiger partial charge in [-0.1, -0.05) is 74.5 Å². The number of primary amides is 1. The van der Waals surface area contributed by atoms with Crippen molar-refractivity contribution in [2.75, 3.05) is 20.1 Å². The molecule has 0 aliphatic heterocycles. The van der Waals surface area contributed by atoms with Crippen molar-refractivity contribution in [3.8, 4) is 0 Å². The third-order valence-electron chi connectivity index (χ3n) is 8.93. The monoisotopic (exact) mass is 729 g/mol. The largest absolute Gasteiger partial charge is 0.370 e. The van der Waals surface area contributed by atoms with Crippen molar-refractivity contribution in [1.29, 1.82) is 0 Å². The molecule has 0 fully saturated rings. The van der Waals surface area contributed by atoms with E-state index in [1.54, 1.807) is 25.4 Å². The predicted octanol–water partition coefficient (Wildman–Crippen LogP) is 2.81. The minimum absolute atomic E-state index is 0.0777. The lowest BCUT2D eigenvalue weighted by molar-refractivity contribution is -0.132. The zero-order chi connectivity index (χ0) is 39.0. The predicted molar refractivity (Wildman–Crippen MR) is 212 cm³/mol. The summed E-state index contributed by atoms with van der Waals surface area (Å²) in [6, 6.07) is 15.6. The number of hydrogen-bond acceptors (Lipinski definition) is 6. The van der Waals surface area contributed by atoms with Gasteiger partial charge in [0.05, 0.1) is 11.5 Å². The summed E-state index contributed by atoms with van der Waals surface area (Å²) in [5.74, 6) is -1.85. The molecular formula is C40H59N9O4. The quantitative estimate of drug-likeness (QED) is 0.0356. The Balaban J connectivity index is 1.73. The molecule has 3 rings (SSSR count). The smallest absolute Gasteiger partial charge is 0.243 e. The number of H-pyrrole nitrogens is 1. The van der Waals surface area contributed by atoms with E-state index in [2.05, 4.69) is 36.6 Å². The van der Waals surface area contributed by atoms with Gasteiger partial charge < -0.3 is 43.0 Å². The van der Waals surface area contributed by atoms with E-state index >= 15 is 0 Å². The summed E-state index contributed by atoms with van der Waals surface area (Å²) in [5, 5.41) is 16.0. The van der Waals surface area contributed by atoms with E-state index in [9.17, 15) is 19.2 Å². The Labute approximate surface area is 313 Å². The average Bonchev–Trinajstić information content (AvgIpc) is 3.52. The first kappa shape index (κ1) is 42.2. The van der Waals surface area contributed by atoms with Crippen LogP contribution in [-0.4, -0.2) is 78.4 Å². The lowest BCUT2D eigenvalue weighted by Gasteiger charge is -2.32. The number of nitrogens with one attached hydrogen (secondary N) is 6. The number of fused-ring (bicyclic) bond motifs is 1. The van der Waals surface area contributed by atoms with Gasteiger partial charge in [-0.3, -0.25) is 24.2 Å². The SMILES string of the molecule is CN=C(N)NCCC[C@H](NC(=O)[C@@H](/C=C/CNC(=O)C(C)(Cc1ccccc1)NC(C)C)CC(C)C)C(=O)NC(Cc1c[nH]c2ccccc12)C(N)=O. The minimum Gasteiger partial charge on any atom is -0.370 e. The van der Waals surface area contributed by atoms with Gasteiger partial charge >= 0.3 is 0 Å². The van der Waals surface area contributed by atoms with E-state index in [-0.39, 0.29) is 49.1 Å². The van der Waals surface area contributed by atoms with Gasteiger partial charge in [-0.05, 0) is 69.6 Å². The molecule has 1 aromatic heterocycles. The van der Waals surface area contributed by atoms with Gasteiger partial charge in [0.15, 0.2) is 5.96 Å². The molecule has 2 aromatic carbocycles. The maximum absolute atomic E-state index is 13.8. The Morgan fingerprint density at radius 3 is 2.25 bits per heavy atom. The minimum atomic E-state index is -1.00. The van der Waals surface area contributed by atoms with Crippen LogP contribution in [0.2, 0.25) is 0 Å². The van der Waals surface area contributed by atoms with Crippen LogP contribution >= 0.6 is 0 Å². The van der Waals surface area contributed by atoms with Crippen LogP contribution in [0.15, 0.2) is 77.9 Å². The fourth-order valence-electron chi connectivity index (χ4n) is 6.36. The highest BCUT2D eigenvalue weighted by atomic mass is 16.2. The normalized spacial score (nSPS) is 14.8. The molecule has 4 atom stereocenters. The highest BCUT2D eigenvalue weighted by Gasteiger charge is 2.33. The Morgan fingerprint density at radius 1 is 0.906 bits per heavy atom. The molecule has 0 spiro atoms. The summed E-state index contributed by atoms with van der Waals surface area (Å²) in [7, 11) is 1.57. The molecule has 3 aromatic rings. The van der Waals surface area contributed by atoms with E-state index in [1.165, 1.54) is 0 Å². The number of aromatic amines is 1. The highest BCUT2D eigenvalue weighted by Crippen LogP contribution is 2.20. The van der Waals surface area contributed by atoms with Crippen LogP contribution in [0, 0.1) is 11.8 Å². The molecule has 0 saturated heterocycles. The molecule has 0 aliphatic carbocycles. The molecule has 0 saturated carbocycles. The fraction of sp³-hybridized carbons (Fsp3) is 0.475. The van der Waals surface area contributed by atoms with Gasteiger partial charge in [0.2, 0.25) is 23.6 Å². The molecule has 4 amide bonds. The van der Waals surface area contributed by atoms with Crippen molar-refractivity contribution in [2.45, 2.75) is 90.4 Å². The van der Waals surface area contributed by atoms with Crippen LogP contribution in [0.3, 0.4) is 0 Å². The van der Waals surface area contributed by atoms with E-state index in [4.69, 9.17) is 11.5 Å². The third-order valence-corrected chi connectivity index (χ3v) is 8.93. The standard InChI is InChI=1S/C40H59N9O4/c1-26(2)22-29(16-12-20-44-38(53)40(5,49-27(3)4)24-28-14-8-7-9-15-28)36(51)47-33(19-13-21-45-39(42)43-6)37(52)48-34(35(41)50)23-30-25-46-32-18-11-10-17-31(30)32/h7-12,14-18,25-27,29,33-34,46,49H,13,19-24H2,1-6H3,(H2,41,50)(H,44,53)(H,47,51)(H,48,52)(H3,42,43,45)/b16-12+/t29-,33-,34?,40?/m0/s1. The second kappa shape index (κ2) is 20.8. The molecule has 13 nitrogen and oxygen atoms in total. The Bertz CT molecular complexity index is 1700. The zero-order valence-electron chi connectivity index (χ0n) is 32.0. The number of hydrogen-bond donors (Lipinski definition) is 8. The van der Waals surface area contributed by atoms with Crippen molar-refractivity contribution in [2.24, 2.45) is 28.3 Å². The van der Waals surface area contributed by atoms with Crippen molar-refractivity contribution in [1.82, 2.24) is 31.6 Å². The second-order valence-corrected chi connectivity index (χ2v) is 14.4. The zero-order valence-corrected chi connectivity index (χ0v) is 32.0. The third kappa shape index (κ3) is 13.7. The van der Waals surface area contributed by atoms with Crippen LogP contribution in [0.4, 0.5) is 0 Å². The Morgan fingerprint density at radius 2 is 1.58 bits per heavy atom. The topological polar surface area (TPSA) is 209 Å². The second-order valence-electron chi connectivity index (χ2n) is 14.4. The van der Waals surface area contributed by atoms with E-state index in [1.807, 2.05) is 89.2 Å². The number of aromatic nitrogens is 1. The van der Waals surface area contributed by atoms with Crippen LogP contribution in [0.5, 0.6) is 0 Å². The van der Waals surface area contributed by atoms with Crippen molar-refractivity contribution >= 4 is 40.5 Å². The molecule has 0 bridgehead atoms. The van der Waals surface area contributed by atoms with Gasteiger partial charge in [0.25, 0.3) is 0 Å². The lowest BCUT2D eigenvalue weighted by atomic mass is 9.90. The van der Waals surface area contributed by atoms with Crippen LogP contribution < -0.4 is 38.1 Å². The number of carbonyl (C=O) groups excluding carboxylic acids is 4. The van der Waals surface area contributed by atoms with Gasteiger partial charge in [-0.2, -0.15) is 0 Å². The summed E-state index contributed by atoms with van der Waals surface area (Å²) in [6.45, 7) is 10.6. The maximum Gasteiger partial charge on any atom is 0.243 e. The summed E-state index contributed by atoms with van der Waals surface area (Å²) >= 11 is 0. The number of benzene rings is 2. The van der Waals surface area contributed by atoms with Crippen molar-refractivity contribution < 1.29 is 19.2 Å². The van der Waals surface area contributed by atoms with Crippen LogP contribution in [0.1, 0.15) is 65.0 Å². The molecule has 1 heterocycles. The number of para-hydroxylation sites is 1. The number of carbonyl (C=O) groups is 4. The summed E-state index contributed by atoms with van der Waals surface area (Å²) in [4.78, 5) is 60.7. The Hall–Kier alpha value is -5.17. The molecule has 53 heavy (non-hydrogen) atoms. The van der Waals surface area contributed by atoms with Gasteiger partial charge in [-0.15, -0.1) is 0 Å². The van der Waals surface area contributed by atoms with E-state index in [0.29, 0.717) is 25.8 Å². The maximum atomic E-state index is 13.8. The first-order chi connectivity index (χ1) is 25.2. The summed E-state index contributed by atoms with van der Waals surface area (Å²) in [5.41, 5.74) is 13.5. The first-order valence-corrected chi connectivity index (χ1v) is 18.4. The van der Waals surface area contributed by atoms with Crippen LogP contribution in [-0.2, 0) is 32.0 Å². The Kier molecular flexibility index (Phi) is 16.5. The van der Waals surface area contributed by atoms with Crippen molar-refractivity contribution in [3.63, 3.8) is 0 Å². The molecule has 10 N–H and O–H groups in total. The first-order valence-electron chi connectivity index (χ1n) is 18.4. The molecule has 13 heteroatoms. The van der Waals surface area contributed by atoms with Crippen molar-refractivity contribution in [3.05, 3.63) is 84.1 Å². The lowest BCUT2D eigenvalue weighted by Crippen LogP contribution is -2.58. The molecule has 288 valence electrons. The van der Waals surface area contributed by atoms with Crippen LogP contribution in [0.25, 0.3) is 10.9 Å². The van der Waals surface area contributed by atoms with Gasteiger partial charge in [0, 0.05) is 49.7 Å².